The molecule has 0 amide bonds. The summed E-state index contributed by atoms with van der Waals surface area (Å²) in [5.41, 5.74) is 0.679. The molecule has 1 atom stereocenters. The Morgan fingerprint density at radius 2 is 2.37 bits per heavy atom. The van der Waals surface area contributed by atoms with Crippen molar-refractivity contribution < 1.29 is 14.3 Å². The molecule has 0 bridgehead atoms. The summed E-state index contributed by atoms with van der Waals surface area (Å²) in [5, 5.41) is 9.76. The number of carbonyl (C=O) groups excluding carboxylic acids is 1. The van der Waals surface area contributed by atoms with Gasteiger partial charge in [0.1, 0.15) is 0 Å². The normalized spacial score (nSPS) is 16.4. The van der Waals surface area contributed by atoms with Crippen molar-refractivity contribution in [3.8, 4) is 6.07 Å². The molecule has 0 spiro atoms. The van der Waals surface area contributed by atoms with Crippen LogP contribution in [0.5, 0.6) is 0 Å². The van der Waals surface area contributed by atoms with E-state index >= 15 is 0 Å². The molecule has 0 N–H and O–H groups in total. The molecule has 1 aliphatic heterocycles. The number of rotatable bonds is 7. The highest BCUT2D eigenvalue weighted by Crippen LogP contribution is 2.22. The van der Waals surface area contributed by atoms with Crippen LogP contribution in [-0.2, 0) is 16.0 Å². The second-order valence-electron chi connectivity index (χ2n) is 6.28. The lowest BCUT2D eigenvalue weighted by molar-refractivity contribution is 0.0601. The number of aromatic nitrogens is 2. The summed E-state index contributed by atoms with van der Waals surface area (Å²) in [5.74, 6) is 0.221. The molecule has 27 heavy (non-hydrogen) atoms. The third-order valence-corrected chi connectivity index (χ3v) is 5.48. The molecular weight excluding hydrogens is 366 g/mol. The van der Waals surface area contributed by atoms with Crippen molar-refractivity contribution in [1.82, 2.24) is 9.55 Å². The lowest BCUT2D eigenvalue weighted by Crippen LogP contribution is -2.29. The van der Waals surface area contributed by atoms with Crippen LogP contribution in [0.3, 0.4) is 0 Å². The van der Waals surface area contributed by atoms with Gasteiger partial charge in [-0.05, 0) is 37.5 Å². The van der Waals surface area contributed by atoms with E-state index in [0.29, 0.717) is 46.9 Å². The molecule has 0 unspecified atom stereocenters. The largest absolute Gasteiger partial charge is 0.465 e. The zero-order valence-corrected chi connectivity index (χ0v) is 16.0. The van der Waals surface area contributed by atoms with Crippen LogP contribution in [0.1, 0.15) is 36.0 Å². The second-order valence-corrected chi connectivity index (χ2v) is 7.34. The van der Waals surface area contributed by atoms with Crippen LogP contribution >= 0.6 is 11.8 Å². The van der Waals surface area contributed by atoms with Gasteiger partial charge in [0.05, 0.1) is 42.3 Å². The minimum absolute atomic E-state index is 0.00903. The Hall–Kier alpha value is -2.37. The van der Waals surface area contributed by atoms with Crippen molar-refractivity contribution in [2.75, 3.05) is 19.5 Å². The summed E-state index contributed by atoms with van der Waals surface area (Å²) in [6, 6.07) is 6.90. The molecule has 1 aromatic carbocycles. The average Bonchev–Trinajstić information content (AvgIpc) is 3.20. The summed E-state index contributed by atoms with van der Waals surface area (Å²) in [6.45, 7) is 1.18. The molecule has 8 heteroatoms. The van der Waals surface area contributed by atoms with Gasteiger partial charge in [0, 0.05) is 18.8 Å². The van der Waals surface area contributed by atoms with E-state index in [-0.39, 0.29) is 11.7 Å². The third-order valence-electron chi connectivity index (χ3n) is 4.42. The number of hydrogen-bond acceptors (Lipinski definition) is 7. The van der Waals surface area contributed by atoms with Crippen molar-refractivity contribution in [2.45, 2.75) is 43.5 Å². The van der Waals surface area contributed by atoms with E-state index in [2.05, 4.69) is 11.1 Å². The van der Waals surface area contributed by atoms with Gasteiger partial charge in [0.2, 0.25) is 0 Å². The number of thioether (sulfide) groups is 1. The van der Waals surface area contributed by atoms with Gasteiger partial charge >= 0.3 is 5.97 Å². The number of fused-ring (bicyclic) bond motifs is 1. The molecule has 1 aromatic heterocycles. The van der Waals surface area contributed by atoms with Gasteiger partial charge in [-0.25, -0.2) is 9.78 Å². The van der Waals surface area contributed by atoms with Gasteiger partial charge in [-0.1, -0.05) is 11.8 Å². The van der Waals surface area contributed by atoms with Gasteiger partial charge in [0.15, 0.2) is 5.16 Å². The number of hydrogen-bond donors (Lipinski definition) is 0. The quantitative estimate of drug-likeness (QED) is 0.312. The van der Waals surface area contributed by atoms with Gasteiger partial charge in [0.25, 0.3) is 5.56 Å². The van der Waals surface area contributed by atoms with Crippen molar-refractivity contribution in [3.05, 3.63) is 34.1 Å². The summed E-state index contributed by atoms with van der Waals surface area (Å²) in [7, 11) is 1.32. The lowest BCUT2D eigenvalue weighted by atomic mass is 10.1. The maximum absolute atomic E-state index is 13.1. The van der Waals surface area contributed by atoms with Gasteiger partial charge in [-0.2, -0.15) is 5.26 Å². The molecule has 2 aromatic rings. The van der Waals surface area contributed by atoms with Crippen molar-refractivity contribution in [3.63, 3.8) is 0 Å². The Bertz CT molecular complexity index is 929. The molecule has 2 heterocycles. The van der Waals surface area contributed by atoms with Gasteiger partial charge in [-0.15, -0.1) is 0 Å². The molecule has 1 fully saturated rings. The SMILES string of the molecule is COC(=O)c1ccc2c(=O)n(C[C@@H]3CCCO3)c(SCCCC#N)nc2c1. The monoisotopic (exact) mass is 387 g/mol. The first kappa shape index (κ1) is 19.4. The number of esters is 1. The van der Waals surface area contributed by atoms with E-state index in [1.54, 1.807) is 22.8 Å². The average molecular weight is 387 g/mol. The van der Waals surface area contributed by atoms with Crippen molar-refractivity contribution >= 4 is 28.6 Å². The molecule has 0 saturated carbocycles. The molecule has 0 radical (unpaired) electrons. The molecule has 142 valence electrons. The zero-order valence-electron chi connectivity index (χ0n) is 15.1. The van der Waals surface area contributed by atoms with Crippen LogP contribution in [0.4, 0.5) is 0 Å². The van der Waals surface area contributed by atoms with E-state index in [0.717, 1.165) is 19.3 Å². The summed E-state index contributed by atoms with van der Waals surface area (Å²) in [6.07, 6.45) is 3.10. The van der Waals surface area contributed by atoms with Gasteiger partial charge in [-0.3, -0.25) is 9.36 Å². The van der Waals surface area contributed by atoms with E-state index in [9.17, 15) is 9.59 Å². The van der Waals surface area contributed by atoms with Crippen LogP contribution in [-0.4, -0.2) is 41.1 Å². The van der Waals surface area contributed by atoms with Crippen molar-refractivity contribution in [2.24, 2.45) is 0 Å². The molecule has 0 aliphatic carbocycles. The minimum Gasteiger partial charge on any atom is -0.465 e. The highest BCUT2D eigenvalue weighted by Gasteiger charge is 2.20. The smallest absolute Gasteiger partial charge is 0.337 e. The Balaban J connectivity index is 2.00. The Labute approximate surface area is 161 Å². The zero-order chi connectivity index (χ0) is 19.2. The van der Waals surface area contributed by atoms with E-state index in [1.807, 2.05) is 0 Å². The Morgan fingerprint density at radius 3 is 3.07 bits per heavy atom. The first-order valence-electron chi connectivity index (χ1n) is 8.88. The third kappa shape index (κ3) is 4.49. The summed E-state index contributed by atoms with van der Waals surface area (Å²) < 4.78 is 12.1. The van der Waals surface area contributed by atoms with Crippen LogP contribution in [0.15, 0.2) is 28.2 Å². The molecule has 3 rings (SSSR count). The number of nitriles is 1. The van der Waals surface area contributed by atoms with E-state index in [1.165, 1.54) is 18.9 Å². The highest BCUT2D eigenvalue weighted by atomic mass is 32.2. The summed E-state index contributed by atoms with van der Waals surface area (Å²) >= 11 is 1.45. The Kier molecular flexibility index (Phi) is 6.48. The van der Waals surface area contributed by atoms with Crippen LogP contribution < -0.4 is 5.56 Å². The fraction of sp³-hybridized carbons (Fsp3) is 0.474. The van der Waals surface area contributed by atoms with Crippen LogP contribution in [0.25, 0.3) is 10.9 Å². The number of nitrogens with zero attached hydrogens (tertiary/aromatic N) is 3. The Morgan fingerprint density at radius 1 is 1.52 bits per heavy atom. The lowest BCUT2D eigenvalue weighted by Gasteiger charge is -2.16. The first-order valence-corrected chi connectivity index (χ1v) is 9.87. The predicted octanol–water partition coefficient (Wildman–Crippen LogP) is 2.76. The molecular formula is C19H21N3O4S. The van der Waals surface area contributed by atoms with Crippen LogP contribution in [0, 0.1) is 11.3 Å². The number of ether oxygens (including phenoxy) is 2. The second kappa shape index (κ2) is 9.02. The van der Waals surface area contributed by atoms with Gasteiger partial charge < -0.3 is 9.47 Å². The first-order chi connectivity index (χ1) is 13.1. The predicted molar refractivity (Wildman–Crippen MR) is 102 cm³/mol. The molecule has 7 nitrogen and oxygen atoms in total. The fourth-order valence-corrected chi connectivity index (χ4v) is 3.97. The topological polar surface area (TPSA) is 94.2 Å². The number of benzene rings is 1. The van der Waals surface area contributed by atoms with Crippen molar-refractivity contribution in [1.29, 1.82) is 5.26 Å². The molecule has 1 saturated heterocycles. The maximum Gasteiger partial charge on any atom is 0.337 e. The number of unbranched alkanes of at least 4 members (excludes halogenated alkanes) is 1. The van der Waals surface area contributed by atoms with Crippen LogP contribution in [0.2, 0.25) is 0 Å². The highest BCUT2D eigenvalue weighted by molar-refractivity contribution is 7.99. The number of carbonyl (C=O) groups is 1. The number of methoxy groups -OCH3 is 1. The minimum atomic E-state index is -0.467. The fourth-order valence-electron chi connectivity index (χ4n) is 3.02. The maximum atomic E-state index is 13.1. The standard InChI is InChI=1S/C19H21N3O4S/c1-25-18(24)13-6-7-15-16(11-13)21-19(27-10-3-2-8-20)22(17(15)23)12-14-5-4-9-26-14/h6-7,11,14H,2-5,9-10,12H2,1H3/t14-/m0/s1. The molecule has 1 aliphatic rings. The van der Waals surface area contributed by atoms with E-state index in [4.69, 9.17) is 14.7 Å². The van der Waals surface area contributed by atoms with E-state index < -0.39 is 5.97 Å². The summed E-state index contributed by atoms with van der Waals surface area (Å²) in [4.78, 5) is 29.5.